The van der Waals surface area contributed by atoms with Crippen LogP contribution >= 0.6 is 0 Å². The molecule has 0 spiro atoms. The molecule has 5 aromatic heterocycles. The summed E-state index contributed by atoms with van der Waals surface area (Å²) in [5.41, 5.74) is 10.4. The first-order valence-corrected chi connectivity index (χ1v) is 24.5. The van der Waals surface area contributed by atoms with Crippen LogP contribution in [-0.4, -0.2) is 39.0 Å². The van der Waals surface area contributed by atoms with Crippen LogP contribution < -0.4 is 0 Å². The highest BCUT2D eigenvalue weighted by molar-refractivity contribution is 6.26. The summed E-state index contributed by atoms with van der Waals surface area (Å²) in [4.78, 5) is 30.9. The molecule has 0 aliphatic heterocycles. The van der Waals surface area contributed by atoms with E-state index in [1.807, 2.05) is 127 Å². The number of hydrogen-bond donors (Lipinski definition) is 0. The van der Waals surface area contributed by atoms with Gasteiger partial charge in [-0.2, -0.15) is 0 Å². The molecular formula is C66H40N8O. The van der Waals surface area contributed by atoms with E-state index in [9.17, 15) is 0 Å². The van der Waals surface area contributed by atoms with E-state index in [2.05, 4.69) is 94.1 Å². The van der Waals surface area contributed by atoms with E-state index < -0.39 is 30.2 Å². The topological polar surface area (TPSA) is 100 Å². The lowest BCUT2D eigenvalue weighted by Gasteiger charge is -2.17. The Kier molecular flexibility index (Phi) is 8.55. The second kappa shape index (κ2) is 17.1. The van der Waals surface area contributed by atoms with Crippen molar-refractivity contribution >= 4 is 65.6 Å². The van der Waals surface area contributed by atoms with Gasteiger partial charge in [-0.1, -0.05) is 170 Å². The maximum absolute atomic E-state index is 9.11. The van der Waals surface area contributed by atoms with E-state index in [0.717, 1.165) is 82.5 Å². The van der Waals surface area contributed by atoms with Crippen LogP contribution in [0.25, 0.3) is 145 Å². The Balaban J connectivity index is 1.05. The third-order valence-electron chi connectivity index (χ3n) is 13.9. The van der Waals surface area contributed by atoms with E-state index >= 15 is 0 Å². The molecule has 0 unspecified atom stereocenters. The average molecular weight is 966 g/mol. The molecule has 10 aromatic carbocycles. The van der Waals surface area contributed by atoms with Gasteiger partial charge in [0.05, 0.1) is 34.6 Å². The van der Waals surface area contributed by atoms with Crippen LogP contribution in [0.4, 0.5) is 0 Å². The quantitative estimate of drug-likeness (QED) is 0.149. The lowest BCUT2D eigenvalue weighted by Crippen LogP contribution is -2.05. The van der Waals surface area contributed by atoms with Crippen molar-refractivity contribution in [2.75, 3.05) is 0 Å². The van der Waals surface area contributed by atoms with Crippen molar-refractivity contribution in [2.45, 2.75) is 0 Å². The third kappa shape index (κ3) is 7.01. The van der Waals surface area contributed by atoms with Gasteiger partial charge in [0.15, 0.2) is 34.9 Å². The molecule has 0 atom stereocenters. The minimum atomic E-state index is -0.523. The average Bonchev–Trinajstić information content (AvgIpc) is 4.35. The number of hydrogen-bond acceptors (Lipinski definition) is 7. The number of rotatable bonds is 8. The minimum Gasteiger partial charge on any atom is -0.456 e. The highest BCUT2D eigenvalue weighted by atomic mass is 16.3. The molecule has 0 fully saturated rings. The van der Waals surface area contributed by atoms with Crippen molar-refractivity contribution in [1.82, 2.24) is 39.0 Å². The van der Waals surface area contributed by atoms with Crippen LogP contribution in [0, 0.1) is 0 Å². The maximum atomic E-state index is 9.11. The van der Waals surface area contributed by atoms with Crippen molar-refractivity contribution in [3.8, 4) is 79.7 Å². The summed E-state index contributed by atoms with van der Waals surface area (Å²) in [6, 6.07) is 68.4. The summed E-state index contributed by atoms with van der Waals surface area (Å²) in [6.07, 6.45) is 0. The van der Waals surface area contributed by atoms with Crippen LogP contribution in [0.1, 0.15) is 6.85 Å². The molecule has 0 N–H and O–H groups in total. The van der Waals surface area contributed by atoms with Gasteiger partial charge < -0.3 is 13.6 Å². The first kappa shape index (κ1) is 37.4. The van der Waals surface area contributed by atoms with Crippen molar-refractivity contribution in [3.05, 3.63) is 243 Å². The predicted molar refractivity (Wildman–Crippen MR) is 302 cm³/mol. The molecule has 9 nitrogen and oxygen atoms in total. The summed E-state index contributed by atoms with van der Waals surface area (Å²) in [5, 5.41) is 5.98. The Morgan fingerprint density at radius 1 is 0.333 bits per heavy atom. The van der Waals surface area contributed by atoms with Gasteiger partial charge in [-0.15, -0.1) is 0 Å². The van der Waals surface area contributed by atoms with E-state index in [0.29, 0.717) is 39.7 Å². The lowest BCUT2D eigenvalue weighted by atomic mass is 10.0. The zero-order valence-corrected chi connectivity index (χ0v) is 39.7. The molecule has 0 aliphatic carbocycles. The van der Waals surface area contributed by atoms with Gasteiger partial charge in [0.2, 0.25) is 0 Å². The minimum absolute atomic E-state index is 0.0951. The van der Waals surface area contributed by atoms with Crippen LogP contribution in [-0.2, 0) is 0 Å². The molecule has 0 radical (unpaired) electrons. The number of fused-ring (bicyclic) bond motifs is 10. The molecule has 15 rings (SSSR count). The first-order chi connectivity index (χ1) is 39.3. The Morgan fingerprint density at radius 3 is 1.55 bits per heavy atom. The molecular weight excluding hydrogens is 921 g/mol. The third-order valence-corrected chi connectivity index (χ3v) is 13.9. The van der Waals surface area contributed by atoms with Gasteiger partial charge >= 0.3 is 0 Å². The second-order valence-corrected chi connectivity index (χ2v) is 18.3. The molecule has 9 heteroatoms. The fourth-order valence-corrected chi connectivity index (χ4v) is 10.6. The van der Waals surface area contributed by atoms with Gasteiger partial charge in [-0.3, -0.25) is 0 Å². The largest absolute Gasteiger partial charge is 0.456 e. The number of para-hydroxylation sites is 4. The molecule has 0 saturated carbocycles. The zero-order valence-electron chi connectivity index (χ0n) is 44.7. The summed E-state index contributed by atoms with van der Waals surface area (Å²) >= 11 is 0. The van der Waals surface area contributed by atoms with Gasteiger partial charge in [-0.25, -0.2) is 29.9 Å². The Labute approximate surface area is 436 Å². The van der Waals surface area contributed by atoms with Gasteiger partial charge in [0, 0.05) is 71.4 Å². The summed E-state index contributed by atoms with van der Waals surface area (Å²) < 4.78 is 54.9. The van der Waals surface area contributed by atoms with Crippen molar-refractivity contribution in [2.24, 2.45) is 0 Å². The lowest BCUT2D eigenvalue weighted by molar-refractivity contribution is 0.669. The summed E-state index contributed by atoms with van der Waals surface area (Å²) in [6.45, 7) is 0. The number of benzene rings is 10. The molecule has 0 aliphatic rings. The van der Waals surface area contributed by atoms with E-state index in [1.165, 1.54) is 0 Å². The Morgan fingerprint density at radius 2 is 0.853 bits per heavy atom. The van der Waals surface area contributed by atoms with Crippen LogP contribution in [0.5, 0.6) is 0 Å². The SMILES string of the molecule is [2H]c1c([2H])c([2H])c(-c2nc(-c3ccc(-n4c5ccccc5c5ccc6c(c7ccccc7n6-c6ccccc6)c54)c(-c4nc(-c5ccccc5)nc(-c5ccccc5)n4)c3)nc(-c3ccc4oc5ccccc5c4c3)n2)c([2H])c1[2H]. The van der Waals surface area contributed by atoms with E-state index in [4.69, 9.17) is 41.2 Å². The van der Waals surface area contributed by atoms with Crippen LogP contribution in [0.3, 0.4) is 0 Å². The highest BCUT2D eigenvalue weighted by Crippen LogP contribution is 2.44. The normalized spacial score (nSPS) is 12.7. The van der Waals surface area contributed by atoms with Crippen LogP contribution in [0.2, 0.25) is 0 Å². The van der Waals surface area contributed by atoms with Crippen molar-refractivity contribution in [3.63, 3.8) is 0 Å². The van der Waals surface area contributed by atoms with E-state index in [-0.39, 0.29) is 23.0 Å². The van der Waals surface area contributed by atoms with Gasteiger partial charge in [0.25, 0.3) is 0 Å². The smallest absolute Gasteiger partial charge is 0.166 e. The summed E-state index contributed by atoms with van der Waals surface area (Å²) in [5.74, 6) is 1.60. The highest BCUT2D eigenvalue weighted by Gasteiger charge is 2.25. The molecule has 0 amide bonds. The zero-order chi connectivity index (χ0) is 53.8. The second-order valence-electron chi connectivity index (χ2n) is 18.3. The van der Waals surface area contributed by atoms with Gasteiger partial charge in [-0.05, 0) is 72.8 Å². The van der Waals surface area contributed by atoms with Gasteiger partial charge in [0.1, 0.15) is 11.2 Å². The number of nitrogens with zero attached hydrogens (tertiary/aromatic N) is 8. The number of furan rings is 1. The predicted octanol–water partition coefficient (Wildman–Crippen LogP) is 16.2. The number of aromatic nitrogens is 8. The first-order valence-electron chi connectivity index (χ1n) is 27.0. The molecule has 350 valence electrons. The molecule has 15 aromatic rings. The van der Waals surface area contributed by atoms with Crippen molar-refractivity contribution in [1.29, 1.82) is 0 Å². The fourth-order valence-electron chi connectivity index (χ4n) is 10.6. The van der Waals surface area contributed by atoms with Crippen LogP contribution in [0.15, 0.2) is 247 Å². The molecule has 75 heavy (non-hydrogen) atoms. The Bertz CT molecular complexity index is 4940. The van der Waals surface area contributed by atoms with E-state index in [1.54, 1.807) is 0 Å². The monoisotopic (exact) mass is 965 g/mol. The molecule has 5 heterocycles. The maximum Gasteiger partial charge on any atom is 0.166 e. The molecule has 0 bridgehead atoms. The molecule has 0 saturated heterocycles. The van der Waals surface area contributed by atoms with Crippen molar-refractivity contribution < 1.29 is 11.3 Å². The Hall–Kier alpha value is -10.4. The fraction of sp³-hybridized carbons (Fsp3) is 0. The summed E-state index contributed by atoms with van der Waals surface area (Å²) in [7, 11) is 0. The standard InChI is InChI=1S/C66H40N8O/c1-5-19-41(20-6-1)61-68-64(70-65(69-61)45-34-38-58-51(39-45)48-28-15-18-32-57(48)75-58)44-33-36-55(52(40-44)66-71-62(42-21-7-2-8-22-42)67-63(72-66)43-23-9-3-10-24-43)74-53-30-16-13-27-47(53)49-35-37-56-59(60(49)74)50-29-14-17-31-54(50)73(56)46-25-11-4-12-26-46/h1-40H/i1D,5D,6D,19D,20D.